The third-order valence-corrected chi connectivity index (χ3v) is 5.06. The SMILES string of the molecule is COc1cccc(/C=C(\OC(=O)c2ccccc2)P(=O)(OC)OC)c1. The van der Waals surface area contributed by atoms with E-state index in [2.05, 4.69) is 0 Å². The Kier molecular flexibility index (Phi) is 6.53. The maximum Gasteiger partial charge on any atom is 0.395 e. The molecule has 0 aliphatic rings. The van der Waals surface area contributed by atoms with Crippen LogP contribution in [-0.2, 0) is 18.3 Å². The van der Waals surface area contributed by atoms with Gasteiger partial charge in [0, 0.05) is 14.2 Å². The van der Waals surface area contributed by atoms with E-state index in [1.165, 1.54) is 27.4 Å². The Bertz CT molecular complexity index is 792. The molecule has 2 aromatic carbocycles. The second kappa shape index (κ2) is 8.62. The Morgan fingerprint density at radius 2 is 1.64 bits per heavy atom. The Morgan fingerprint density at radius 1 is 0.960 bits per heavy atom. The maximum atomic E-state index is 12.8. The van der Waals surface area contributed by atoms with Gasteiger partial charge in [-0.05, 0) is 35.9 Å². The zero-order valence-electron chi connectivity index (χ0n) is 14.2. The fourth-order valence-electron chi connectivity index (χ4n) is 2.02. The Balaban J connectivity index is 2.41. The lowest BCUT2D eigenvalue weighted by Gasteiger charge is -2.17. The Morgan fingerprint density at radius 3 is 2.24 bits per heavy atom. The Labute approximate surface area is 146 Å². The van der Waals surface area contributed by atoms with E-state index in [1.807, 2.05) is 0 Å². The highest BCUT2D eigenvalue weighted by Gasteiger charge is 2.32. The number of esters is 1. The molecule has 0 aliphatic heterocycles. The monoisotopic (exact) mass is 362 g/mol. The highest BCUT2D eigenvalue weighted by Crippen LogP contribution is 2.56. The molecule has 0 unspecified atom stereocenters. The van der Waals surface area contributed by atoms with Gasteiger partial charge in [-0.3, -0.25) is 4.57 Å². The summed E-state index contributed by atoms with van der Waals surface area (Å²) >= 11 is 0. The minimum Gasteiger partial charge on any atom is -0.497 e. The van der Waals surface area contributed by atoms with Gasteiger partial charge in [-0.1, -0.05) is 30.3 Å². The summed E-state index contributed by atoms with van der Waals surface area (Å²) in [6.07, 6.45) is 1.43. The lowest BCUT2D eigenvalue weighted by atomic mass is 10.2. The predicted octanol–water partition coefficient (Wildman–Crippen LogP) is 4.34. The normalized spacial score (nSPS) is 11.9. The van der Waals surface area contributed by atoms with Crippen molar-refractivity contribution in [1.82, 2.24) is 0 Å². The molecule has 0 aromatic heterocycles. The first-order chi connectivity index (χ1) is 12.0. The van der Waals surface area contributed by atoms with Gasteiger partial charge >= 0.3 is 13.6 Å². The van der Waals surface area contributed by atoms with Crippen molar-refractivity contribution in [2.45, 2.75) is 0 Å². The number of carbonyl (C=O) groups excluding carboxylic acids is 1. The first-order valence-electron chi connectivity index (χ1n) is 7.37. The van der Waals surface area contributed by atoms with Gasteiger partial charge in [-0.25, -0.2) is 4.79 Å². The lowest BCUT2D eigenvalue weighted by molar-refractivity contribution is 0.0635. The molecule has 0 heterocycles. The number of rotatable bonds is 7. The van der Waals surface area contributed by atoms with E-state index in [9.17, 15) is 9.36 Å². The van der Waals surface area contributed by atoms with Crippen LogP contribution in [0.4, 0.5) is 0 Å². The van der Waals surface area contributed by atoms with Crippen molar-refractivity contribution in [2.24, 2.45) is 0 Å². The first-order valence-corrected chi connectivity index (χ1v) is 8.91. The van der Waals surface area contributed by atoms with E-state index in [0.29, 0.717) is 16.9 Å². The lowest BCUT2D eigenvalue weighted by Crippen LogP contribution is -2.07. The summed E-state index contributed by atoms with van der Waals surface area (Å²) in [6, 6.07) is 15.3. The largest absolute Gasteiger partial charge is 0.497 e. The molecule has 0 amide bonds. The number of carbonyl (C=O) groups is 1. The smallest absolute Gasteiger partial charge is 0.395 e. The van der Waals surface area contributed by atoms with Crippen molar-refractivity contribution < 1.29 is 27.9 Å². The fraction of sp³-hybridized carbons (Fsp3) is 0.167. The molecule has 0 N–H and O–H groups in total. The van der Waals surface area contributed by atoms with Crippen LogP contribution >= 0.6 is 7.60 Å². The molecular formula is C18H19O6P. The molecule has 7 heteroatoms. The van der Waals surface area contributed by atoms with E-state index in [0.717, 1.165) is 0 Å². The second-order valence-corrected chi connectivity index (χ2v) is 7.04. The fourth-order valence-corrected chi connectivity index (χ4v) is 3.03. The number of methoxy groups -OCH3 is 1. The van der Waals surface area contributed by atoms with Crippen LogP contribution in [0.5, 0.6) is 5.75 Å². The van der Waals surface area contributed by atoms with E-state index >= 15 is 0 Å². The molecule has 0 atom stereocenters. The highest BCUT2D eigenvalue weighted by molar-refractivity contribution is 7.58. The second-order valence-electron chi connectivity index (χ2n) is 4.88. The molecule has 25 heavy (non-hydrogen) atoms. The average molecular weight is 362 g/mol. The van der Waals surface area contributed by atoms with E-state index in [-0.39, 0.29) is 5.50 Å². The van der Waals surface area contributed by atoms with Gasteiger partial charge < -0.3 is 18.5 Å². The van der Waals surface area contributed by atoms with Gasteiger partial charge in [0.15, 0.2) is 0 Å². The van der Waals surface area contributed by atoms with Crippen molar-refractivity contribution in [3.63, 3.8) is 0 Å². The van der Waals surface area contributed by atoms with Gasteiger partial charge in [0.1, 0.15) is 5.75 Å². The van der Waals surface area contributed by atoms with Gasteiger partial charge in [0.05, 0.1) is 12.7 Å². The van der Waals surface area contributed by atoms with Crippen LogP contribution in [-0.4, -0.2) is 27.3 Å². The molecule has 2 rings (SSSR count). The number of ether oxygens (including phenoxy) is 2. The number of hydrogen-bond acceptors (Lipinski definition) is 6. The van der Waals surface area contributed by atoms with Crippen molar-refractivity contribution in [1.29, 1.82) is 0 Å². The first kappa shape index (κ1) is 18.9. The number of hydrogen-bond donors (Lipinski definition) is 0. The van der Waals surface area contributed by atoms with Crippen LogP contribution < -0.4 is 4.74 Å². The molecule has 0 bridgehead atoms. The summed E-state index contributed by atoms with van der Waals surface area (Å²) in [5, 5.41) is 0. The molecule has 132 valence electrons. The Hall–Kier alpha value is -2.40. The van der Waals surface area contributed by atoms with Gasteiger partial charge in [-0.2, -0.15) is 0 Å². The summed E-state index contributed by atoms with van der Waals surface area (Å²) in [6.45, 7) is 0. The quantitative estimate of drug-likeness (QED) is 0.415. The van der Waals surface area contributed by atoms with Crippen LogP contribution in [0.25, 0.3) is 6.08 Å². The molecule has 0 fully saturated rings. The topological polar surface area (TPSA) is 71.1 Å². The zero-order chi connectivity index (χ0) is 18.3. The minimum atomic E-state index is -3.78. The van der Waals surface area contributed by atoms with Crippen molar-refractivity contribution in [3.05, 3.63) is 71.2 Å². The molecular weight excluding hydrogens is 343 g/mol. The van der Waals surface area contributed by atoms with Crippen molar-refractivity contribution in [3.8, 4) is 5.75 Å². The highest BCUT2D eigenvalue weighted by atomic mass is 31.2. The molecule has 0 saturated carbocycles. The summed E-state index contributed by atoms with van der Waals surface area (Å²) in [4.78, 5) is 12.3. The van der Waals surface area contributed by atoms with Gasteiger partial charge in [0.2, 0.25) is 5.50 Å². The van der Waals surface area contributed by atoms with Crippen molar-refractivity contribution >= 4 is 19.6 Å². The van der Waals surface area contributed by atoms with Crippen LogP contribution in [0.1, 0.15) is 15.9 Å². The van der Waals surface area contributed by atoms with Crippen molar-refractivity contribution in [2.75, 3.05) is 21.3 Å². The van der Waals surface area contributed by atoms with Crippen LogP contribution in [0.15, 0.2) is 60.1 Å². The molecule has 0 radical (unpaired) electrons. The predicted molar refractivity (Wildman–Crippen MR) is 94.5 cm³/mol. The standard InChI is InChI=1S/C18H19O6P/c1-21-16-11-7-8-14(12-16)13-17(25(20,22-2)23-3)24-18(19)15-9-5-4-6-10-15/h4-13H,1-3H3/b17-13+. The summed E-state index contributed by atoms with van der Waals surface area (Å²) in [5.41, 5.74) is 0.724. The summed E-state index contributed by atoms with van der Waals surface area (Å²) < 4.78 is 33.2. The van der Waals surface area contributed by atoms with Crippen LogP contribution in [0, 0.1) is 0 Å². The zero-order valence-corrected chi connectivity index (χ0v) is 15.1. The van der Waals surface area contributed by atoms with Gasteiger partial charge in [-0.15, -0.1) is 0 Å². The molecule has 0 spiro atoms. The van der Waals surface area contributed by atoms with E-state index < -0.39 is 13.6 Å². The van der Waals surface area contributed by atoms with Crippen LogP contribution in [0.3, 0.4) is 0 Å². The summed E-state index contributed by atoms with van der Waals surface area (Å²) in [7, 11) is 0.203. The third-order valence-electron chi connectivity index (χ3n) is 3.34. The minimum absolute atomic E-state index is 0.209. The molecule has 0 saturated heterocycles. The van der Waals surface area contributed by atoms with Gasteiger partial charge in [0.25, 0.3) is 0 Å². The maximum absolute atomic E-state index is 12.8. The summed E-state index contributed by atoms with van der Waals surface area (Å²) in [5.74, 6) is -0.0591. The van der Waals surface area contributed by atoms with E-state index in [1.54, 1.807) is 54.6 Å². The average Bonchev–Trinajstić information content (AvgIpc) is 2.67. The third kappa shape index (κ3) is 4.79. The molecule has 0 aliphatic carbocycles. The van der Waals surface area contributed by atoms with Crippen LogP contribution in [0.2, 0.25) is 0 Å². The van der Waals surface area contributed by atoms with E-state index in [4.69, 9.17) is 18.5 Å². The molecule has 2 aromatic rings. The molecule has 6 nitrogen and oxygen atoms in total. The number of benzene rings is 2.